The second-order valence-corrected chi connectivity index (χ2v) is 3.83. The van der Waals surface area contributed by atoms with Crippen molar-refractivity contribution in [1.82, 2.24) is 0 Å². The third-order valence-electron chi connectivity index (χ3n) is 2.87. The Morgan fingerprint density at radius 3 is 2.45 bits per heavy atom. The molecule has 1 N–H and O–H groups in total. The van der Waals surface area contributed by atoms with Crippen molar-refractivity contribution in [3.8, 4) is 0 Å². The summed E-state index contributed by atoms with van der Waals surface area (Å²) in [6.07, 6.45) is 4.55. The summed E-state index contributed by atoms with van der Waals surface area (Å²) in [5.74, 6) is 0. The van der Waals surface area contributed by atoms with Crippen LogP contribution in [0.5, 0.6) is 0 Å². The fourth-order valence-electron chi connectivity index (χ4n) is 1.87. The molecule has 0 bridgehead atoms. The van der Waals surface area contributed by atoms with Crippen molar-refractivity contribution < 1.29 is 9.84 Å². The summed E-state index contributed by atoms with van der Waals surface area (Å²) in [4.78, 5) is 0. The van der Waals surface area contributed by atoms with E-state index < -0.39 is 0 Å². The Hall–Kier alpha value is -0.0800. The summed E-state index contributed by atoms with van der Waals surface area (Å²) in [7, 11) is 1.64. The van der Waals surface area contributed by atoms with Crippen molar-refractivity contribution in [1.29, 1.82) is 0 Å². The fourth-order valence-corrected chi connectivity index (χ4v) is 1.87. The molecule has 0 saturated heterocycles. The first-order valence-electron chi connectivity index (χ1n) is 4.36. The molecule has 1 atom stereocenters. The first-order valence-corrected chi connectivity index (χ1v) is 4.36. The Morgan fingerprint density at radius 2 is 2.00 bits per heavy atom. The molecule has 66 valence electrons. The van der Waals surface area contributed by atoms with Gasteiger partial charge in [0.2, 0.25) is 0 Å². The van der Waals surface area contributed by atoms with E-state index in [2.05, 4.69) is 6.92 Å². The van der Waals surface area contributed by atoms with Crippen molar-refractivity contribution in [2.45, 2.75) is 38.7 Å². The SMILES string of the molecule is COCC(O)C1(C)CCCC1. The second-order valence-electron chi connectivity index (χ2n) is 3.83. The molecule has 0 aliphatic heterocycles. The van der Waals surface area contributed by atoms with Gasteiger partial charge in [-0.2, -0.15) is 0 Å². The molecule has 1 saturated carbocycles. The minimum Gasteiger partial charge on any atom is -0.390 e. The smallest absolute Gasteiger partial charge is 0.0826 e. The van der Waals surface area contributed by atoms with E-state index in [1.807, 2.05) is 0 Å². The van der Waals surface area contributed by atoms with Crippen LogP contribution in [0.25, 0.3) is 0 Å². The van der Waals surface area contributed by atoms with Crippen LogP contribution in [0.15, 0.2) is 0 Å². The lowest BCUT2D eigenvalue weighted by molar-refractivity contribution is -0.0178. The Balaban J connectivity index is 2.42. The molecule has 2 nitrogen and oxygen atoms in total. The zero-order valence-corrected chi connectivity index (χ0v) is 7.47. The molecule has 0 aromatic heterocycles. The third kappa shape index (κ3) is 1.94. The number of rotatable bonds is 3. The lowest BCUT2D eigenvalue weighted by Gasteiger charge is -2.29. The zero-order valence-electron chi connectivity index (χ0n) is 7.47. The number of hydrogen-bond acceptors (Lipinski definition) is 2. The Labute approximate surface area is 68.6 Å². The molecule has 1 aliphatic carbocycles. The molecule has 0 heterocycles. The molecule has 0 spiro atoms. The topological polar surface area (TPSA) is 29.5 Å². The van der Waals surface area contributed by atoms with Crippen molar-refractivity contribution in [2.24, 2.45) is 5.41 Å². The maximum absolute atomic E-state index is 9.68. The number of ether oxygens (including phenoxy) is 1. The normalized spacial score (nSPS) is 25.4. The maximum Gasteiger partial charge on any atom is 0.0826 e. The molecule has 11 heavy (non-hydrogen) atoms. The van der Waals surface area contributed by atoms with E-state index in [4.69, 9.17) is 4.74 Å². The van der Waals surface area contributed by atoms with Crippen LogP contribution in [-0.4, -0.2) is 24.9 Å². The number of aliphatic hydroxyl groups excluding tert-OH is 1. The first kappa shape index (κ1) is 9.01. The summed E-state index contributed by atoms with van der Waals surface area (Å²) in [5, 5.41) is 9.68. The largest absolute Gasteiger partial charge is 0.390 e. The van der Waals surface area contributed by atoms with Crippen LogP contribution >= 0.6 is 0 Å². The minimum atomic E-state index is -0.269. The molecule has 0 radical (unpaired) electrons. The van der Waals surface area contributed by atoms with Crippen LogP contribution in [-0.2, 0) is 4.74 Å². The van der Waals surface area contributed by atoms with Gasteiger partial charge in [0.15, 0.2) is 0 Å². The van der Waals surface area contributed by atoms with E-state index in [1.165, 1.54) is 12.8 Å². The Bertz CT molecular complexity index is 117. The third-order valence-corrected chi connectivity index (χ3v) is 2.87. The summed E-state index contributed by atoms with van der Waals surface area (Å²) < 4.78 is 4.93. The van der Waals surface area contributed by atoms with Crippen LogP contribution in [0.1, 0.15) is 32.6 Å². The molecule has 1 rings (SSSR count). The maximum atomic E-state index is 9.68. The van der Waals surface area contributed by atoms with Crippen molar-refractivity contribution in [3.05, 3.63) is 0 Å². The lowest BCUT2D eigenvalue weighted by atomic mass is 9.83. The summed E-state index contributed by atoms with van der Waals surface area (Å²) in [6, 6.07) is 0. The Kier molecular flexibility index (Phi) is 2.90. The van der Waals surface area contributed by atoms with Gasteiger partial charge in [0, 0.05) is 7.11 Å². The van der Waals surface area contributed by atoms with Gasteiger partial charge < -0.3 is 9.84 Å². The average Bonchev–Trinajstić information content (AvgIpc) is 2.38. The first-order chi connectivity index (χ1) is 5.19. The van der Waals surface area contributed by atoms with Crippen molar-refractivity contribution in [3.63, 3.8) is 0 Å². The second kappa shape index (κ2) is 3.55. The minimum absolute atomic E-state index is 0.135. The van der Waals surface area contributed by atoms with Crippen LogP contribution in [0.3, 0.4) is 0 Å². The monoisotopic (exact) mass is 158 g/mol. The highest BCUT2D eigenvalue weighted by Crippen LogP contribution is 2.40. The van der Waals surface area contributed by atoms with Gasteiger partial charge in [-0.3, -0.25) is 0 Å². The molecule has 0 amide bonds. The van der Waals surface area contributed by atoms with E-state index >= 15 is 0 Å². The van der Waals surface area contributed by atoms with E-state index in [0.717, 1.165) is 12.8 Å². The van der Waals surface area contributed by atoms with Crippen LogP contribution < -0.4 is 0 Å². The van der Waals surface area contributed by atoms with E-state index in [0.29, 0.717) is 6.61 Å². The van der Waals surface area contributed by atoms with Crippen LogP contribution in [0, 0.1) is 5.41 Å². The van der Waals surface area contributed by atoms with Gasteiger partial charge in [0.25, 0.3) is 0 Å². The molecule has 2 heteroatoms. The number of aliphatic hydroxyl groups is 1. The van der Waals surface area contributed by atoms with E-state index in [-0.39, 0.29) is 11.5 Å². The van der Waals surface area contributed by atoms with Gasteiger partial charge in [-0.05, 0) is 18.3 Å². The zero-order chi connectivity index (χ0) is 8.32. The quantitative estimate of drug-likeness (QED) is 0.675. The predicted octanol–water partition coefficient (Wildman–Crippen LogP) is 1.57. The molecule has 0 aromatic carbocycles. The van der Waals surface area contributed by atoms with Gasteiger partial charge in [0.1, 0.15) is 0 Å². The van der Waals surface area contributed by atoms with Crippen molar-refractivity contribution in [2.75, 3.05) is 13.7 Å². The number of methoxy groups -OCH3 is 1. The summed E-state index contributed by atoms with van der Waals surface area (Å²) >= 11 is 0. The molecule has 0 aromatic rings. The predicted molar refractivity (Wildman–Crippen MR) is 44.5 cm³/mol. The Morgan fingerprint density at radius 1 is 1.45 bits per heavy atom. The lowest BCUT2D eigenvalue weighted by Crippen LogP contribution is -2.33. The highest BCUT2D eigenvalue weighted by Gasteiger charge is 2.35. The average molecular weight is 158 g/mol. The van der Waals surface area contributed by atoms with Gasteiger partial charge >= 0.3 is 0 Å². The van der Waals surface area contributed by atoms with Gasteiger partial charge in [-0.1, -0.05) is 19.8 Å². The summed E-state index contributed by atoms with van der Waals surface area (Å²) in [5.41, 5.74) is 0.135. The van der Waals surface area contributed by atoms with Gasteiger partial charge in [0.05, 0.1) is 12.7 Å². The molecule has 1 fully saturated rings. The highest BCUT2D eigenvalue weighted by atomic mass is 16.5. The van der Waals surface area contributed by atoms with Crippen LogP contribution in [0.4, 0.5) is 0 Å². The van der Waals surface area contributed by atoms with Gasteiger partial charge in [-0.15, -0.1) is 0 Å². The van der Waals surface area contributed by atoms with Gasteiger partial charge in [-0.25, -0.2) is 0 Å². The van der Waals surface area contributed by atoms with E-state index in [9.17, 15) is 5.11 Å². The van der Waals surface area contributed by atoms with E-state index in [1.54, 1.807) is 7.11 Å². The number of hydrogen-bond donors (Lipinski definition) is 1. The summed E-state index contributed by atoms with van der Waals surface area (Å²) in [6.45, 7) is 2.64. The fraction of sp³-hybridized carbons (Fsp3) is 1.00. The molecule has 1 unspecified atom stereocenters. The van der Waals surface area contributed by atoms with Crippen molar-refractivity contribution >= 4 is 0 Å². The molecule has 1 aliphatic rings. The standard InChI is InChI=1S/C9H18O2/c1-9(5-3-4-6-9)8(10)7-11-2/h8,10H,3-7H2,1-2H3. The molecular weight excluding hydrogens is 140 g/mol. The highest BCUT2D eigenvalue weighted by molar-refractivity contribution is 4.86. The van der Waals surface area contributed by atoms with Crippen LogP contribution in [0.2, 0.25) is 0 Å². The molecular formula is C9H18O2.